The number of aromatic amines is 1. The lowest BCUT2D eigenvalue weighted by atomic mass is 10.2. The highest BCUT2D eigenvalue weighted by atomic mass is 16.5. The summed E-state index contributed by atoms with van der Waals surface area (Å²) in [5.41, 5.74) is 1.60. The minimum absolute atomic E-state index is 0.142. The largest absolute Gasteiger partial charge is 0.497 e. The van der Waals surface area contributed by atoms with Crippen molar-refractivity contribution >= 4 is 10.9 Å². The summed E-state index contributed by atoms with van der Waals surface area (Å²) < 4.78 is 16.2. The van der Waals surface area contributed by atoms with E-state index in [0.29, 0.717) is 18.8 Å². The first kappa shape index (κ1) is 19.7. The molecule has 1 heterocycles. The second-order valence-electron chi connectivity index (χ2n) is 6.39. The van der Waals surface area contributed by atoms with Gasteiger partial charge in [-0.1, -0.05) is 0 Å². The van der Waals surface area contributed by atoms with Gasteiger partial charge in [-0.15, -0.1) is 0 Å². The van der Waals surface area contributed by atoms with Gasteiger partial charge in [0, 0.05) is 36.1 Å². The van der Waals surface area contributed by atoms with Crippen molar-refractivity contribution < 1.29 is 19.3 Å². The number of H-pyrrole nitrogens is 1. The van der Waals surface area contributed by atoms with Crippen molar-refractivity contribution in [2.45, 2.75) is 12.6 Å². The molecule has 0 aliphatic carbocycles. The van der Waals surface area contributed by atoms with E-state index in [1.54, 1.807) is 32.4 Å². The Labute approximate surface area is 162 Å². The highest BCUT2D eigenvalue weighted by Crippen LogP contribution is 2.22. The van der Waals surface area contributed by atoms with Crippen LogP contribution >= 0.6 is 0 Å². The predicted molar refractivity (Wildman–Crippen MR) is 107 cm³/mol. The van der Waals surface area contributed by atoms with Gasteiger partial charge in [0.05, 0.1) is 14.2 Å². The molecule has 3 N–H and O–H groups in total. The van der Waals surface area contributed by atoms with Crippen molar-refractivity contribution in [3.63, 3.8) is 0 Å². The number of benzene rings is 2. The molecule has 1 unspecified atom stereocenters. The number of hydrogen-bond donors (Lipinski definition) is 3. The van der Waals surface area contributed by atoms with Crippen LogP contribution in [0.2, 0.25) is 0 Å². The summed E-state index contributed by atoms with van der Waals surface area (Å²) in [6.45, 7) is 1.09. The van der Waals surface area contributed by atoms with Crippen LogP contribution in [0.15, 0.2) is 53.3 Å². The monoisotopic (exact) mass is 384 g/mol. The van der Waals surface area contributed by atoms with Crippen molar-refractivity contribution in [3.05, 3.63) is 64.4 Å². The first-order valence-corrected chi connectivity index (χ1v) is 8.94. The SMILES string of the molecule is COc1cc(CNCC(O)COc2ccc3[nH]c(=O)ccc3c2)cc(OC)c1. The summed E-state index contributed by atoms with van der Waals surface area (Å²) in [5.74, 6) is 2.08. The van der Waals surface area contributed by atoms with Gasteiger partial charge in [0.2, 0.25) is 5.56 Å². The normalized spacial score (nSPS) is 12.0. The second-order valence-corrected chi connectivity index (χ2v) is 6.39. The van der Waals surface area contributed by atoms with E-state index in [0.717, 1.165) is 28.0 Å². The quantitative estimate of drug-likeness (QED) is 0.523. The molecule has 0 bridgehead atoms. The van der Waals surface area contributed by atoms with Gasteiger partial charge in [-0.2, -0.15) is 0 Å². The maximum atomic E-state index is 11.3. The Hall–Kier alpha value is -3.03. The summed E-state index contributed by atoms with van der Waals surface area (Å²) in [6.07, 6.45) is -0.668. The Morgan fingerprint density at radius 2 is 1.75 bits per heavy atom. The average Bonchev–Trinajstić information content (AvgIpc) is 2.71. The first-order chi connectivity index (χ1) is 13.6. The molecule has 3 rings (SSSR count). The molecule has 148 valence electrons. The van der Waals surface area contributed by atoms with Crippen LogP contribution in [0, 0.1) is 0 Å². The zero-order chi connectivity index (χ0) is 19.9. The third-order valence-corrected chi connectivity index (χ3v) is 4.26. The Morgan fingerprint density at radius 1 is 1.00 bits per heavy atom. The van der Waals surface area contributed by atoms with Crippen molar-refractivity contribution in [1.82, 2.24) is 10.3 Å². The third-order valence-electron chi connectivity index (χ3n) is 4.26. The van der Waals surface area contributed by atoms with Gasteiger partial charge in [-0.05, 0) is 42.0 Å². The minimum Gasteiger partial charge on any atom is -0.497 e. The standard InChI is InChI=1S/C21H24N2O5/c1-26-18-7-14(8-19(10-18)27-2)11-22-12-16(24)13-28-17-4-5-20-15(9-17)3-6-21(25)23-20/h3-10,16,22,24H,11-13H2,1-2H3,(H,23,25). The average molecular weight is 384 g/mol. The second kappa shape index (κ2) is 9.25. The molecule has 1 atom stereocenters. The van der Waals surface area contributed by atoms with Crippen LogP contribution in [-0.4, -0.2) is 43.6 Å². The highest BCUT2D eigenvalue weighted by molar-refractivity contribution is 5.79. The maximum Gasteiger partial charge on any atom is 0.248 e. The van der Waals surface area contributed by atoms with Gasteiger partial charge in [0.25, 0.3) is 0 Å². The Bertz CT molecular complexity index is 964. The third kappa shape index (κ3) is 5.25. The molecule has 1 aromatic heterocycles. The number of ether oxygens (including phenoxy) is 3. The Morgan fingerprint density at radius 3 is 2.46 bits per heavy atom. The van der Waals surface area contributed by atoms with Gasteiger partial charge in [-0.25, -0.2) is 0 Å². The van der Waals surface area contributed by atoms with Crippen LogP contribution in [0.4, 0.5) is 0 Å². The van der Waals surface area contributed by atoms with Gasteiger partial charge >= 0.3 is 0 Å². The number of aliphatic hydroxyl groups excluding tert-OH is 1. The Balaban J connectivity index is 1.49. The number of hydrogen-bond acceptors (Lipinski definition) is 6. The predicted octanol–water partition coefficient (Wildman–Crippen LogP) is 2.07. The van der Waals surface area contributed by atoms with Gasteiger partial charge in [0.1, 0.15) is 30.0 Å². The summed E-state index contributed by atoms with van der Waals surface area (Å²) >= 11 is 0. The number of nitrogens with one attached hydrogen (secondary N) is 2. The van der Waals surface area contributed by atoms with Crippen LogP contribution in [-0.2, 0) is 6.54 Å². The molecular weight excluding hydrogens is 360 g/mol. The fraction of sp³-hybridized carbons (Fsp3) is 0.286. The van der Waals surface area contributed by atoms with Crippen LogP contribution < -0.4 is 25.1 Å². The van der Waals surface area contributed by atoms with Crippen LogP contribution in [0.3, 0.4) is 0 Å². The summed E-state index contributed by atoms with van der Waals surface area (Å²) in [7, 11) is 3.22. The fourth-order valence-electron chi connectivity index (χ4n) is 2.83. The Kier molecular flexibility index (Phi) is 6.52. The number of pyridine rings is 1. The molecule has 7 nitrogen and oxygen atoms in total. The van der Waals surface area contributed by atoms with Gasteiger partial charge in [0.15, 0.2) is 0 Å². The van der Waals surface area contributed by atoms with E-state index in [1.807, 2.05) is 24.3 Å². The summed E-state index contributed by atoms with van der Waals surface area (Å²) in [4.78, 5) is 14.1. The fourth-order valence-corrected chi connectivity index (χ4v) is 2.83. The van der Waals surface area contributed by atoms with Crippen LogP contribution in [0.1, 0.15) is 5.56 Å². The molecule has 0 aliphatic heterocycles. The molecule has 7 heteroatoms. The summed E-state index contributed by atoms with van der Waals surface area (Å²) in [6, 6.07) is 14.2. The molecule has 2 aromatic carbocycles. The lowest BCUT2D eigenvalue weighted by Gasteiger charge is -2.14. The van der Waals surface area contributed by atoms with E-state index in [9.17, 15) is 9.90 Å². The van der Waals surface area contributed by atoms with E-state index < -0.39 is 6.10 Å². The maximum absolute atomic E-state index is 11.3. The van der Waals surface area contributed by atoms with Crippen molar-refractivity contribution in [2.24, 2.45) is 0 Å². The highest BCUT2D eigenvalue weighted by Gasteiger charge is 2.07. The number of methoxy groups -OCH3 is 2. The van der Waals surface area contributed by atoms with E-state index in [2.05, 4.69) is 10.3 Å². The molecular formula is C21H24N2O5. The number of fused-ring (bicyclic) bond motifs is 1. The molecule has 0 radical (unpaired) electrons. The molecule has 0 saturated carbocycles. The molecule has 0 saturated heterocycles. The molecule has 0 amide bonds. The smallest absolute Gasteiger partial charge is 0.248 e. The van der Waals surface area contributed by atoms with Gasteiger partial charge < -0.3 is 29.6 Å². The number of aliphatic hydroxyl groups is 1. The summed E-state index contributed by atoms with van der Waals surface area (Å²) in [5, 5.41) is 14.2. The number of aromatic nitrogens is 1. The zero-order valence-electron chi connectivity index (χ0n) is 15.9. The van der Waals surface area contributed by atoms with Gasteiger partial charge in [-0.3, -0.25) is 4.79 Å². The molecule has 0 aliphatic rings. The lowest BCUT2D eigenvalue weighted by Crippen LogP contribution is -2.31. The van der Waals surface area contributed by atoms with Crippen molar-refractivity contribution in [3.8, 4) is 17.2 Å². The number of rotatable bonds is 9. The first-order valence-electron chi connectivity index (χ1n) is 8.94. The molecule has 0 fully saturated rings. The van der Waals surface area contributed by atoms with Crippen LogP contribution in [0.5, 0.6) is 17.2 Å². The molecule has 0 spiro atoms. The zero-order valence-corrected chi connectivity index (χ0v) is 15.9. The molecule has 3 aromatic rings. The lowest BCUT2D eigenvalue weighted by molar-refractivity contribution is 0.106. The van der Waals surface area contributed by atoms with Crippen LogP contribution in [0.25, 0.3) is 10.9 Å². The van der Waals surface area contributed by atoms with E-state index >= 15 is 0 Å². The van der Waals surface area contributed by atoms with Crippen molar-refractivity contribution in [2.75, 3.05) is 27.4 Å². The van der Waals surface area contributed by atoms with E-state index in [-0.39, 0.29) is 12.2 Å². The topological polar surface area (TPSA) is 92.8 Å². The van der Waals surface area contributed by atoms with E-state index in [1.165, 1.54) is 6.07 Å². The molecule has 28 heavy (non-hydrogen) atoms. The minimum atomic E-state index is -0.668. The van der Waals surface area contributed by atoms with Crippen molar-refractivity contribution in [1.29, 1.82) is 0 Å². The van der Waals surface area contributed by atoms with E-state index in [4.69, 9.17) is 14.2 Å².